The fraction of sp³-hybridized carbons (Fsp3) is 0.600. The fourth-order valence-corrected chi connectivity index (χ4v) is 3.08. The van der Waals surface area contributed by atoms with Crippen LogP contribution in [-0.2, 0) is 23.1 Å². The van der Waals surface area contributed by atoms with E-state index in [1.807, 2.05) is 0 Å². The van der Waals surface area contributed by atoms with Gasteiger partial charge in [-0.05, 0) is 12.8 Å². The molecular weight excluding hydrogens is 314 g/mol. The predicted octanol–water partition coefficient (Wildman–Crippen LogP) is -0.0233. The van der Waals surface area contributed by atoms with E-state index in [0.717, 1.165) is 38.8 Å². The number of hydrogen-bond donors (Lipinski definition) is 1. The average Bonchev–Trinajstić information content (AvgIpc) is 2.74. The molecule has 0 saturated carbocycles. The Morgan fingerprint density at radius 2 is 1.88 bits per heavy atom. The summed E-state index contributed by atoms with van der Waals surface area (Å²) in [5, 5.41) is 0. The van der Waals surface area contributed by atoms with Crippen LogP contribution in [0.1, 0.15) is 25.7 Å². The van der Waals surface area contributed by atoms with E-state index in [2.05, 4.69) is 14.9 Å². The van der Waals surface area contributed by atoms with Gasteiger partial charge in [0.2, 0.25) is 5.95 Å². The number of aromatic amines is 1. The monoisotopic (exact) mass is 335 g/mol. The van der Waals surface area contributed by atoms with Gasteiger partial charge in [-0.25, -0.2) is 4.79 Å². The van der Waals surface area contributed by atoms with Crippen molar-refractivity contribution in [2.24, 2.45) is 7.05 Å². The minimum absolute atomic E-state index is 0.125. The van der Waals surface area contributed by atoms with Gasteiger partial charge in [0.05, 0.1) is 7.11 Å². The summed E-state index contributed by atoms with van der Waals surface area (Å²) in [5.74, 6) is 0.0580. The summed E-state index contributed by atoms with van der Waals surface area (Å²) in [6, 6.07) is 0. The first kappa shape index (κ1) is 16.3. The molecule has 0 radical (unpaired) electrons. The molecule has 2 aromatic heterocycles. The fourth-order valence-electron chi connectivity index (χ4n) is 3.08. The maximum Gasteiger partial charge on any atom is 0.329 e. The number of H-pyrrole nitrogens is 1. The van der Waals surface area contributed by atoms with Gasteiger partial charge in [-0.1, -0.05) is 12.8 Å². The molecule has 0 aliphatic carbocycles. The van der Waals surface area contributed by atoms with Crippen LogP contribution in [0.4, 0.5) is 5.95 Å². The number of carbonyl (C=O) groups excluding carboxylic acids is 1. The number of rotatable bonds is 3. The van der Waals surface area contributed by atoms with E-state index in [4.69, 9.17) is 4.74 Å². The van der Waals surface area contributed by atoms with Gasteiger partial charge in [-0.3, -0.25) is 23.7 Å². The Labute approximate surface area is 137 Å². The molecule has 3 rings (SSSR count). The largest absolute Gasteiger partial charge is 0.468 e. The molecule has 1 aliphatic rings. The van der Waals surface area contributed by atoms with Gasteiger partial charge in [0.25, 0.3) is 5.56 Å². The smallest absolute Gasteiger partial charge is 0.329 e. The number of aryl methyl sites for hydroxylation is 1. The number of anilines is 1. The molecule has 2 aromatic rings. The van der Waals surface area contributed by atoms with Crippen LogP contribution in [0, 0.1) is 0 Å². The van der Waals surface area contributed by atoms with E-state index >= 15 is 0 Å². The van der Waals surface area contributed by atoms with E-state index in [1.165, 1.54) is 11.7 Å². The number of carbonyl (C=O) groups is 1. The molecule has 0 unspecified atom stereocenters. The molecular formula is C15H21N5O4. The third-order valence-corrected chi connectivity index (χ3v) is 4.39. The van der Waals surface area contributed by atoms with Crippen LogP contribution in [0.5, 0.6) is 0 Å². The molecule has 1 saturated heterocycles. The SMILES string of the molecule is COC(=O)Cn1c(N2CCCCCC2)nc2c1c(=O)[nH]c(=O)n2C. The van der Waals surface area contributed by atoms with Gasteiger partial charge in [0.15, 0.2) is 11.2 Å². The second kappa shape index (κ2) is 6.50. The summed E-state index contributed by atoms with van der Waals surface area (Å²) in [4.78, 5) is 44.8. The zero-order chi connectivity index (χ0) is 17.3. The number of ether oxygens (including phenoxy) is 1. The topological polar surface area (TPSA) is 102 Å². The Bertz CT molecular complexity index is 870. The van der Waals surface area contributed by atoms with Crippen molar-refractivity contribution in [2.45, 2.75) is 32.2 Å². The first-order valence-electron chi connectivity index (χ1n) is 8.04. The Hall–Kier alpha value is -2.58. The number of esters is 1. The van der Waals surface area contributed by atoms with Gasteiger partial charge in [0, 0.05) is 20.1 Å². The van der Waals surface area contributed by atoms with Crippen LogP contribution >= 0.6 is 0 Å². The highest BCUT2D eigenvalue weighted by atomic mass is 16.5. The maximum atomic E-state index is 12.3. The highest BCUT2D eigenvalue weighted by molar-refractivity contribution is 5.78. The van der Waals surface area contributed by atoms with Crippen LogP contribution in [0.15, 0.2) is 9.59 Å². The highest BCUT2D eigenvalue weighted by Gasteiger charge is 2.23. The van der Waals surface area contributed by atoms with Gasteiger partial charge in [-0.15, -0.1) is 0 Å². The molecule has 24 heavy (non-hydrogen) atoms. The molecule has 130 valence electrons. The maximum absolute atomic E-state index is 12.3. The number of nitrogens with zero attached hydrogens (tertiary/aromatic N) is 4. The number of methoxy groups -OCH3 is 1. The highest BCUT2D eigenvalue weighted by Crippen LogP contribution is 2.22. The zero-order valence-electron chi connectivity index (χ0n) is 13.9. The Morgan fingerprint density at radius 1 is 1.21 bits per heavy atom. The van der Waals surface area contributed by atoms with E-state index < -0.39 is 17.2 Å². The lowest BCUT2D eigenvalue weighted by Gasteiger charge is -2.22. The molecule has 0 atom stereocenters. The third-order valence-electron chi connectivity index (χ3n) is 4.39. The summed E-state index contributed by atoms with van der Waals surface area (Å²) in [7, 11) is 2.84. The molecule has 0 amide bonds. The Kier molecular flexibility index (Phi) is 4.41. The molecule has 0 spiro atoms. The van der Waals surface area contributed by atoms with Crippen molar-refractivity contribution in [1.29, 1.82) is 0 Å². The standard InChI is InChI=1S/C15H21N5O4/c1-18-12-11(13(22)17-15(18)23)20(9-10(21)24-2)14(16-12)19-7-5-3-4-6-8-19/h3-9H2,1-2H3,(H,17,22,23). The van der Waals surface area contributed by atoms with E-state index in [-0.39, 0.29) is 17.7 Å². The molecule has 1 N–H and O–H groups in total. The summed E-state index contributed by atoms with van der Waals surface area (Å²) in [6.07, 6.45) is 4.34. The van der Waals surface area contributed by atoms with Crippen molar-refractivity contribution in [3.8, 4) is 0 Å². The molecule has 1 fully saturated rings. The summed E-state index contributed by atoms with van der Waals surface area (Å²) < 4.78 is 7.58. The number of aromatic nitrogens is 4. The molecule has 3 heterocycles. The predicted molar refractivity (Wildman–Crippen MR) is 88.3 cm³/mol. The number of hydrogen-bond acceptors (Lipinski definition) is 6. The first-order chi connectivity index (χ1) is 11.5. The van der Waals surface area contributed by atoms with Crippen molar-refractivity contribution >= 4 is 23.1 Å². The molecule has 0 aromatic carbocycles. The second-order valence-electron chi connectivity index (χ2n) is 5.97. The minimum atomic E-state index is -0.550. The molecule has 9 heteroatoms. The third kappa shape index (κ3) is 2.81. The lowest BCUT2D eigenvalue weighted by Crippen LogP contribution is -2.30. The summed E-state index contributed by atoms with van der Waals surface area (Å²) in [5.41, 5.74) is -0.600. The minimum Gasteiger partial charge on any atom is -0.468 e. The summed E-state index contributed by atoms with van der Waals surface area (Å²) in [6.45, 7) is 1.48. The lowest BCUT2D eigenvalue weighted by molar-refractivity contribution is -0.141. The van der Waals surface area contributed by atoms with Crippen LogP contribution in [0.2, 0.25) is 0 Å². The van der Waals surface area contributed by atoms with Crippen LogP contribution < -0.4 is 16.1 Å². The van der Waals surface area contributed by atoms with Crippen LogP contribution in [0.3, 0.4) is 0 Å². The van der Waals surface area contributed by atoms with E-state index in [9.17, 15) is 14.4 Å². The van der Waals surface area contributed by atoms with Crippen molar-refractivity contribution < 1.29 is 9.53 Å². The van der Waals surface area contributed by atoms with Gasteiger partial charge in [0.1, 0.15) is 6.54 Å². The van der Waals surface area contributed by atoms with Gasteiger partial charge >= 0.3 is 11.7 Å². The average molecular weight is 335 g/mol. The van der Waals surface area contributed by atoms with Crippen molar-refractivity contribution in [1.82, 2.24) is 19.1 Å². The second-order valence-corrected chi connectivity index (χ2v) is 5.97. The van der Waals surface area contributed by atoms with Crippen molar-refractivity contribution in [3.63, 3.8) is 0 Å². The number of imidazole rings is 1. The van der Waals surface area contributed by atoms with E-state index in [0.29, 0.717) is 5.95 Å². The van der Waals surface area contributed by atoms with Crippen LogP contribution in [0.25, 0.3) is 11.2 Å². The number of nitrogens with one attached hydrogen (secondary N) is 1. The van der Waals surface area contributed by atoms with E-state index in [1.54, 1.807) is 11.6 Å². The van der Waals surface area contributed by atoms with Gasteiger partial charge < -0.3 is 9.64 Å². The Balaban J connectivity index is 2.22. The van der Waals surface area contributed by atoms with Gasteiger partial charge in [-0.2, -0.15) is 4.98 Å². The normalized spacial score (nSPS) is 15.5. The quantitative estimate of drug-likeness (QED) is 0.791. The first-order valence-corrected chi connectivity index (χ1v) is 8.04. The van der Waals surface area contributed by atoms with Crippen molar-refractivity contribution in [3.05, 3.63) is 20.8 Å². The lowest BCUT2D eigenvalue weighted by atomic mass is 10.2. The Morgan fingerprint density at radius 3 is 2.50 bits per heavy atom. The molecule has 1 aliphatic heterocycles. The summed E-state index contributed by atoms with van der Waals surface area (Å²) >= 11 is 0. The molecule has 9 nitrogen and oxygen atoms in total. The number of fused-ring (bicyclic) bond motifs is 1. The van der Waals surface area contributed by atoms with Crippen molar-refractivity contribution in [2.75, 3.05) is 25.1 Å². The van der Waals surface area contributed by atoms with Crippen LogP contribution in [-0.4, -0.2) is 45.3 Å². The molecule has 0 bridgehead atoms. The zero-order valence-corrected chi connectivity index (χ0v) is 13.9.